The zero-order valence-corrected chi connectivity index (χ0v) is 32.2. The number of hydrogen-bond donors (Lipinski definition) is 1. The Morgan fingerprint density at radius 2 is 0.600 bits per heavy atom. The van der Waals surface area contributed by atoms with E-state index in [4.69, 9.17) is 29.1 Å². The molecular weight excluding hydrogens is 602 g/mol. The van der Waals surface area contributed by atoms with E-state index < -0.39 is 10.4 Å². The third kappa shape index (κ3) is 46.3. The molecule has 0 aromatic carbocycles. The van der Waals surface area contributed by atoms with Gasteiger partial charge in [-0.05, 0) is 25.7 Å². The zero-order chi connectivity index (χ0) is 33.7. The predicted molar refractivity (Wildman–Crippen MR) is 198 cm³/mol. The van der Waals surface area contributed by atoms with Crippen molar-refractivity contribution in [2.24, 2.45) is 0 Å². The first-order valence-electron chi connectivity index (χ1n) is 19.8. The molecule has 0 spiro atoms. The molecule has 0 heterocycles. The first-order chi connectivity index (χ1) is 21.7. The van der Waals surface area contributed by atoms with Gasteiger partial charge in [0.1, 0.15) is 0 Å². The average molecular weight is 683 g/mol. The lowest BCUT2D eigenvalue weighted by atomic mass is 10.0. The molecule has 0 aliphatic rings. The van der Waals surface area contributed by atoms with Crippen molar-refractivity contribution in [3.05, 3.63) is 0 Å². The van der Waals surface area contributed by atoms with Gasteiger partial charge < -0.3 is 9.04 Å². The highest BCUT2D eigenvalue weighted by Gasteiger charge is 2.18. The maximum atomic E-state index is 8.63. The Bertz CT molecular complexity index is 618. The van der Waals surface area contributed by atoms with Crippen LogP contribution in [0.1, 0.15) is 219 Å². The molecule has 0 amide bonds. The first-order valence-corrected chi connectivity index (χ1v) is 21.7. The lowest BCUT2D eigenvalue weighted by molar-refractivity contribution is -0.899. The molecule has 0 aliphatic heterocycles. The topological polar surface area (TPSA) is 77.4 Å². The summed E-state index contributed by atoms with van der Waals surface area (Å²) < 4.78 is 33.9. The van der Waals surface area contributed by atoms with Gasteiger partial charge in [-0.3, -0.25) is 4.55 Å². The van der Waals surface area contributed by atoms with Crippen molar-refractivity contribution in [2.45, 2.75) is 219 Å². The van der Waals surface area contributed by atoms with E-state index in [-0.39, 0.29) is 0 Å². The Morgan fingerprint density at radius 1 is 0.444 bits per heavy atom. The summed E-state index contributed by atoms with van der Waals surface area (Å²) in [5, 5.41) is 0. The molecule has 7 heteroatoms. The van der Waals surface area contributed by atoms with Crippen LogP contribution in [0, 0.1) is 0 Å². The molecule has 0 atom stereocenters. The largest absolute Gasteiger partial charge is 0.726 e. The lowest BCUT2D eigenvalue weighted by Gasteiger charge is -2.32. The van der Waals surface area contributed by atoms with Crippen LogP contribution in [0.15, 0.2) is 0 Å². The van der Waals surface area contributed by atoms with Gasteiger partial charge in [-0.1, -0.05) is 205 Å². The molecule has 1 N–H and O–H groups in total. The summed E-state index contributed by atoms with van der Waals surface area (Å²) in [6.07, 6.45) is 46.3. The lowest BCUT2D eigenvalue weighted by Crippen LogP contribution is -2.44. The van der Waals surface area contributed by atoms with Crippen LogP contribution in [0.2, 0.25) is 0 Å². The van der Waals surface area contributed by atoms with E-state index in [0.29, 0.717) is 0 Å². The van der Waals surface area contributed by atoms with Gasteiger partial charge in [-0.15, -0.1) is 0 Å². The Labute approximate surface area is 288 Å². The maximum Gasteiger partial charge on any atom is 0.215 e. The van der Waals surface area contributed by atoms with Crippen LogP contribution in [0.5, 0.6) is 0 Å². The molecule has 45 heavy (non-hydrogen) atoms. The summed E-state index contributed by atoms with van der Waals surface area (Å²) in [7, 11) is -2.52. The van der Waals surface area contributed by atoms with Crippen molar-refractivity contribution in [1.82, 2.24) is 0 Å². The van der Waals surface area contributed by atoms with E-state index in [0.717, 1.165) is 10.5 Å². The summed E-state index contributed by atoms with van der Waals surface area (Å²) in [6, 6.07) is 0.789. The SMILES string of the molecule is CCCCCCCCCCCCCCCCCC[N+](C)(CCl)CCCCCCCCCCCCCCCCCC.O=S(=O)([O-])O. The number of quaternary nitrogens is 1. The van der Waals surface area contributed by atoms with Crippen LogP contribution in [0.4, 0.5) is 0 Å². The Morgan fingerprint density at radius 3 is 0.756 bits per heavy atom. The van der Waals surface area contributed by atoms with E-state index in [1.54, 1.807) is 0 Å². The van der Waals surface area contributed by atoms with Crippen molar-refractivity contribution >= 4 is 22.0 Å². The monoisotopic (exact) mass is 682 g/mol. The fourth-order valence-electron chi connectivity index (χ4n) is 6.31. The molecule has 274 valence electrons. The second-order valence-corrected chi connectivity index (χ2v) is 15.3. The van der Waals surface area contributed by atoms with Crippen LogP contribution < -0.4 is 0 Å². The standard InChI is InChI=1S/C38H79ClN.H2O4S/c1-4-6-8-10-12-14-16-18-20-22-24-26-28-30-32-34-36-40(3,38-39)37-35-33-31-29-27-25-23-21-19-17-15-13-11-9-7-5-2;1-5(2,3)4/h4-38H2,1-3H3;(H2,1,2,3,4)/q+1;/p-1. The van der Waals surface area contributed by atoms with Gasteiger partial charge in [0.15, 0.2) is 6.00 Å². The summed E-state index contributed by atoms with van der Waals surface area (Å²) >= 11 is 6.42. The highest BCUT2D eigenvalue weighted by Crippen LogP contribution is 2.17. The molecule has 0 aliphatic carbocycles. The van der Waals surface area contributed by atoms with Crippen LogP contribution in [0.3, 0.4) is 0 Å². The van der Waals surface area contributed by atoms with Crippen molar-refractivity contribution in [2.75, 3.05) is 26.1 Å². The maximum absolute atomic E-state index is 8.63. The van der Waals surface area contributed by atoms with Gasteiger partial charge in [0, 0.05) is 0 Å². The van der Waals surface area contributed by atoms with Gasteiger partial charge in [0.2, 0.25) is 10.4 Å². The molecule has 0 unspecified atom stereocenters. The third-order valence-electron chi connectivity index (χ3n) is 9.39. The number of unbranched alkanes of at least 4 members (excludes halogenated alkanes) is 30. The molecule has 0 saturated heterocycles. The van der Waals surface area contributed by atoms with E-state index in [9.17, 15) is 0 Å². The average Bonchev–Trinajstić information content (AvgIpc) is 3.00. The summed E-state index contributed by atoms with van der Waals surface area (Å²) in [4.78, 5) is 0. The fourth-order valence-corrected chi connectivity index (χ4v) is 6.55. The van der Waals surface area contributed by atoms with Crippen molar-refractivity contribution in [3.63, 3.8) is 0 Å². The number of hydrogen-bond acceptors (Lipinski definition) is 3. The Hall–Kier alpha value is 0.120. The Balaban J connectivity index is 0. The van der Waals surface area contributed by atoms with Gasteiger partial charge in [-0.2, -0.15) is 0 Å². The number of nitrogens with zero attached hydrogens (tertiary/aromatic N) is 1. The molecule has 0 bridgehead atoms. The molecule has 5 nitrogen and oxygen atoms in total. The number of rotatable bonds is 35. The number of alkyl halides is 1. The molecule has 0 rings (SSSR count). The quantitative estimate of drug-likeness (QED) is 0.0180. The minimum atomic E-state index is -4.92. The van der Waals surface area contributed by atoms with Crippen molar-refractivity contribution in [3.8, 4) is 0 Å². The molecule has 0 fully saturated rings. The van der Waals surface area contributed by atoms with Gasteiger partial charge in [-0.25, -0.2) is 8.42 Å². The third-order valence-corrected chi connectivity index (χ3v) is 9.97. The Kier molecular flexibility index (Phi) is 38.8. The van der Waals surface area contributed by atoms with E-state index in [2.05, 4.69) is 20.9 Å². The summed E-state index contributed by atoms with van der Waals surface area (Å²) in [5.74, 6) is 0. The number of halogens is 1. The minimum Gasteiger partial charge on any atom is -0.726 e. The summed E-state index contributed by atoms with van der Waals surface area (Å²) in [6.45, 7) is 7.17. The molecule has 0 aromatic rings. The molecule has 0 aromatic heterocycles. The van der Waals surface area contributed by atoms with E-state index >= 15 is 0 Å². The molecular formula is C38H80ClNO4S. The zero-order valence-electron chi connectivity index (χ0n) is 30.7. The van der Waals surface area contributed by atoms with Crippen LogP contribution in [0.25, 0.3) is 0 Å². The van der Waals surface area contributed by atoms with Crippen molar-refractivity contribution in [1.29, 1.82) is 0 Å². The van der Waals surface area contributed by atoms with E-state index in [1.807, 2.05) is 0 Å². The smallest absolute Gasteiger partial charge is 0.215 e. The fraction of sp³-hybridized carbons (Fsp3) is 1.00. The highest BCUT2D eigenvalue weighted by molar-refractivity contribution is 7.79. The second kappa shape index (κ2) is 36.9. The van der Waals surface area contributed by atoms with Gasteiger partial charge >= 0.3 is 0 Å². The van der Waals surface area contributed by atoms with Crippen LogP contribution in [-0.2, 0) is 10.4 Å². The van der Waals surface area contributed by atoms with Gasteiger partial charge in [0.05, 0.1) is 20.1 Å². The minimum absolute atomic E-state index is 0.789. The molecule has 0 saturated carbocycles. The predicted octanol–water partition coefficient (Wildman–Crippen LogP) is 13.2. The molecule has 0 radical (unpaired) electrons. The van der Waals surface area contributed by atoms with Crippen molar-refractivity contribution < 1.29 is 22.0 Å². The van der Waals surface area contributed by atoms with Gasteiger partial charge in [0.25, 0.3) is 0 Å². The summed E-state index contributed by atoms with van der Waals surface area (Å²) in [5.41, 5.74) is 0. The second-order valence-electron chi connectivity index (χ2n) is 14.2. The van der Waals surface area contributed by atoms with Crippen LogP contribution >= 0.6 is 11.6 Å². The normalized spacial score (nSPS) is 12.0. The van der Waals surface area contributed by atoms with Crippen LogP contribution in [-0.4, -0.2) is 48.1 Å². The first kappa shape index (κ1) is 47.2. The highest BCUT2D eigenvalue weighted by atomic mass is 35.5. The van der Waals surface area contributed by atoms with E-state index in [1.165, 1.54) is 219 Å².